The molecule has 0 bridgehead atoms. The van der Waals surface area contributed by atoms with Crippen LogP contribution in [0.1, 0.15) is 13.3 Å². The van der Waals surface area contributed by atoms with Crippen LogP contribution in [0.25, 0.3) is 0 Å². The predicted molar refractivity (Wildman–Crippen MR) is 29.9 cm³/mol. The Hall–Kier alpha value is -0.260. The van der Waals surface area contributed by atoms with E-state index >= 15 is 0 Å². The minimum Gasteiger partial charge on any atom is -0.0914 e. The molecule has 2 atom stereocenters. The van der Waals surface area contributed by atoms with Gasteiger partial charge in [-0.3, -0.25) is 0 Å². The minimum absolute atomic E-state index is 1.03. The molecule has 0 aromatic heterocycles. The van der Waals surface area contributed by atoms with Crippen molar-refractivity contribution in [3.05, 3.63) is 12.2 Å². The van der Waals surface area contributed by atoms with E-state index in [2.05, 4.69) is 19.1 Å². The van der Waals surface area contributed by atoms with Gasteiger partial charge in [0.1, 0.15) is 0 Å². The third-order valence-electron chi connectivity index (χ3n) is 2.15. The number of fused-ring (bicyclic) bond motifs is 1. The van der Waals surface area contributed by atoms with Gasteiger partial charge in [-0.05, 0) is 31.1 Å². The summed E-state index contributed by atoms with van der Waals surface area (Å²) in [5, 5.41) is 0. The van der Waals surface area contributed by atoms with Crippen LogP contribution >= 0.6 is 0 Å². The van der Waals surface area contributed by atoms with Gasteiger partial charge < -0.3 is 0 Å². The molecule has 2 unspecified atom stereocenters. The van der Waals surface area contributed by atoms with Crippen LogP contribution in [-0.2, 0) is 0 Å². The standard InChI is InChI=1S/C7H10/c1-2-3-5-6-4-7(5)6/h2-3,5-7H,4H2,1H3. The first-order valence-corrected chi connectivity index (χ1v) is 3.06. The summed E-state index contributed by atoms with van der Waals surface area (Å²) in [6, 6.07) is 0. The Bertz CT molecular complexity index is 105. The molecule has 0 aliphatic heterocycles. The summed E-state index contributed by atoms with van der Waals surface area (Å²) in [6.45, 7) is 2.11. The van der Waals surface area contributed by atoms with Crippen LogP contribution in [0.5, 0.6) is 0 Å². The van der Waals surface area contributed by atoms with E-state index in [9.17, 15) is 0 Å². The van der Waals surface area contributed by atoms with Gasteiger partial charge in [0.2, 0.25) is 0 Å². The van der Waals surface area contributed by atoms with Crippen molar-refractivity contribution in [2.24, 2.45) is 17.8 Å². The van der Waals surface area contributed by atoms with Gasteiger partial charge >= 0.3 is 0 Å². The van der Waals surface area contributed by atoms with Crippen LogP contribution in [0.2, 0.25) is 0 Å². The van der Waals surface area contributed by atoms with Crippen LogP contribution in [0.4, 0.5) is 0 Å². The summed E-state index contributed by atoms with van der Waals surface area (Å²) in [5.74, 6) is 3.33. The molecule has 0 nitrogen and oxygen atoms in total. The highest BCUT2D eigenvalue weighted by molar-refractivity contribution is 5.19. The molecule has 0 heterocycles. The molecular formula is C7H10. The lowest BCUT2D eigenvalue weighted by Gasteiger charge is -1.88. The Balaban J connectivity index is 1.92. The zero-order chi connectivity index (χ0) is 4.85. The normalized spacial score (nSPS) is 54.7. The smallest absolute Gasteiger partial charge is 0.0171 e. The second-order valence-corrected chi connectivity index (χ2v) is 2.67. The van der Waals surface area contributed by atoms with Gasteiger partial charge in [0.25, 0.3) is 0 Å². The molecule has 0 radical (unpaired) electrons. The van der Waals surface area contributed by atoms with Gasteiger partial charge in [-0.1, -0.05) is 12.2 Å². The van der Waals surface area contributed by atoms with Crippen LogP contribution in [0.3, 0.4) is 0 Å². The summed E-state index contributed by atoms with van der Waals surface area (Å²) in [6.07, 6.45) is 6.06. The first-order valence-electron chi connectivity index (χ1n) is 3.06. The monoisotopic (exact) mass is 94.1 g/mol. The van der Waals surface area contributed by atoms with Crippen molar-refractivity contribution >= 4 is 0 Å². The number of hydrogen-bond donors (Lipinski definition) is 0. The summed E-state index contributed by atoms with van der Waals surface area (Å²) in [5.41, 5.74) is 0. The van der Waals surface area contributed by atoms with Crippen LogP contribution in [-0.4, -0.2) is 0 Å². The van der Waals surface area contributed by atoms with E-state index < -0.39 is 0 Å². The van der Waals surface area contributed by atoms with Gasteiger partial charge in [0, 0.05) is 0 Å². The Morgan fingerprint density at radius 1 is 1.43 bits per heavy atom. The van der Waals surface area contributed by atoms with Crippen molar-refractivity contribution in [3.63, 3.8) is 0 Å². The molecule has 0 N–H and O–H groups in total. The Morgan fingerprint density at radius 3 is 2.29 bits per heavy atom. The van der Waals surface area contributed by atoms with Gasteiger partial charge in [0.15, 0.2) is 0 Å². The predicted octanol–water partition coefficient (Wildman–Crippen LogP) is 1.83. The van der Waals surface area contributed by atoms with Crippen LogP contribution in [0.15, 0.2) is 12.2 Å². The van der Waals surface area contributed by atoms with E-state index in [1.807, 2.05) is 0 Å². The third kappa shape index (κ3) is 0.370. The fourth-order valence-electron chi connectivity index (χ4n) is 1.34. The van der Waals surface area contributed by atoms with Crippen LogP contribution < -0.4 is 0 Å². The zero-order valence-electron chi connectivity index (χ0n) is 4.59. The molecule has 0 aromatic rings. The molecular weight excluding hydrogens is 84.1 g/mol. The van der Waals surface area contributed by atoms with E-state index in [0.29, 0.717) is 0 Å². The van der Waals surface area contributed by atoms with Crippen molar-refractivity contribution in [2.45, 2.75) is 13.3 Å². The van der Waals surface area contributed by atoms with Crippen molar-refractivity contribution < 1.29 is 0 Å². The summed E-state index contributed by atoms with van der Waals surface area (Å²) >= 11 is 0. The fraction of sp³-hybridized carbons (Fsp3) is 0.714. The van der Waals surface area contributed by atoms with Crippen molar-refractivity contribution in [1.82, 2.24) is 0 Å². The molecule has 2 rings (SSSR count). The number of hydrogen-bond acceptors (Lipinski definition) is 0. The molecule has 2 fully saturated rings. The van der Waals surface area contributed by atoms with Gasteiger partial charge in [-0.25, -0.2) is 0 Å². The maximum atomic E-state index is 2.35. The molecule has 7 heavy (non-hydrogen) atoms. The maximum absolute atomic E-state index is 2.35. The van der Waals surface area contributed by atoms with Crippen LogP contribution in [0, 0.1) is 17.8 Å². The second kappa shape index (κ2) is 0.936. The molecule has 2 aliphatic rings. The van der Waals surface area contributed by atoms with E-state index in [0.717, 1.165) is 17.8 Å². The van der Waals surface area contributed by atoms with E-state index in [-0.39, 0.29) is 0 Å². The zero-order valence-corrected chi connectivity index (χ0v) is 4.59. The fourth-order valence-corrected chi connectivity index (χ4v) is 1.34. The number of rotatable bonds is 1. The highest BCUT2D eigenvalue weighted by atomic mass is 14.7. The molecule has 38 valence electrons. The molecule has 2 aliphatic carbocycles. The largest absolute Gasteiger partial charge is 0.0914 e. The molecule has 0 saturated heterocycles. The average molecular weight is 94.2 g/mol. The summed E-state index contributed by atoms with van der Waals surface area (Å²) < 4.78 is 0. The minimum atomic E-state index is 1.03. The number of allylic oxidation sites excluding steroid dienone is 2. The second-order valence-electron chi connectivity index (χ2n) is 2.67. The lowest BCUT2D eigenvalue weighted by Crippen LogP contribution is -1.78. The van der Waals surface area contributed by atoms with Gasteiger partial charge in [0.05, 0.1) is 0 Å². The first-order chi connectivity index (χ1) is 3.43. The molecule has 0 spiro atoms. The molecule has 0 amide bonds. The maximum Gasteiger partial charge on any atom is -0.0171 e. The summed E-state index contributed by atoms with van der Waals surface area (Å²) in [7, 11) is 0. The van der Waals surface area contributed by atoms with E-state index in [4.69, 9.17) is 0 Å². The lowest BCUT2D eigenvalue weighted by atomic mass is 10.2. The molecule has 0 heteroatoms. The highest BCUT2D eigenvalue weighted by Crippen LogP contribution is 2.68. The SMILES string of the molecule is CC=CC1C2CC12. The Kier molecular flexibility index (Phi) is 0.495. The quantitative estimate of drug-likeness (QED) is 0.435. The first kappa shape index (κ1) is 3.71. The van der Waals surface area contributed by atoms with Crippen molar-refractivity contribution in [1.29, 1.82) is 0 Å². The third-order valence-corrected chi connectivity index (χ3v) is 2.15. The van der Waals surface area contributed by atoms with Gasteiger partial charge in [-0.15, -0.1) is 0 Å². The topological polar surface area (TPSA) is 0 Å². The molecule has 2 saturated carbocycles. The van der Waals surface area contributed by atoms with E-state index in [1.165, 1.54) is 6.42 Å². The van der Waals surface area contributed by atoms with Crippen molar-refractivity contribution in [2.75, 3.05) is 0 Å². The van der Waals surface area contributed by atoms with Gasteiger partial charge in [-0.2, -0.15) is 0 Å². The lowest BCUT2D eigenvalue weighted by molar-refractivity contribution is 0.748. The molecule has 0 aromatic carbocycles. The highest BCUT2D eigenvalue weighted by Gasteiger charge is 2.62. The Labute approximate surface area is 44.2 Å². The van der Waals surface area contributed by atoms with Crippen molar-refractivity contribution in [3.8, 4) is 0 Å². The Morgan fingerprint density at radius 2 is 2.14 bits per heavy atom. The van der Waals surface area contributed by atoms with E-state index in [1.54, 1.807) is 0 Å². The summed E-state index contributed by atoms with van der Waals surface area (Å²) in [4.78, 5) is 0. The average Bonchev–Trinajstić information content (AvgIpc) is 2.41.